The quantitative estimate of drug-likeness (QED) is 0.447. The molecule has 0 bridgehead atoms. The zero-order valence-corrected chi connectivity index (χ0v) is 12.2. The Hall–Kier alpha value is -1.32. The van der Waals surface area contributed by atoms with Crippen LogP contribution < -0.4 is 5.32 Å². The molecule has 0 radical (unpaired) electrons. The van der Waals surface area contributed by atoms with Gasteiger partial charge >= 0.3 is 5.97 Å². The van der Waals surface area contributed by atoms with E-state index in [4.69, 9.17) is 5.11 Å². The Balaban J connectivity index is 3.36. The Bertz CT molecular complexity index is 300. The normalized spacial score (nSPS) is 11.9. The van der Waals surface area contributed by atoms with Crippen LogP contribution in [0.4, 0.5) is 0 Å². The topological polar surface area (TPSA) is 66.4 Å². The maximum atomic E-state index is 11.4. The number of hydrogen-bond acceptors (Lipinski definition) is 2. The number of nitrogens with one attached hydrogen (secondary N) is 1. The second kappa shape index (κ2) is 10.6. The summed E-state index contributed by atoms with van der Waals surface area (Å²) in [7, 11) is 0. The third-order valence-electron chi connectivity index (χ3n) is 3.04. The van der Waals surface area contributed by atoms with Crippen molar-refractivity contribution in [3.8, 4) is 0 Å². The molecule has 1 atom stereocenters. The fourth-order valence-electron chi connectivity index (χ4n) is 1.85. The molecule has 0 aliphatic carbocycles. The van der Waals surface area contributed by atoms with Crippen LogP contribution >= 0.6 is 0 Å². The van der Waals surface area contributed by atoms with Crippen molar-refractivity contribution >= 4 is 11.9 Å². The molecule has 19 heavy (non-hydrogen) atoms. The summed E-state index contributed by atoms with van der Waals surface area (Å²) in [6.45, 7) is 7.32. The summed E-state index contributed by atoms with van der Waals surface area (Å²) in [5.41, 5.74) is 0.547. The molecule has 0 aromatic rings. The van der Waals surface area contributed by atoms with Gasteiger partial charge in [-0.1, -0.05) is 38.7 Å². The number of carboxylic acids is 1. The van der Waals surface area contributed by atoms with Crippen LogP contribution in [-0.4, -0.2) is 23.0 Å². The number of carboxylic acid groups (broad SMARTS) is 1. The van der Waals surface area contributed by atoms with Crippen LogP contribution in [0.2, 0.25) is 0 Å². The number of unbranched alkanes of at least 4 members (excludes halogenated alkanes) is 5. The van der Waals surface area contributed by atoms with E-state index < -0.39 is 5.97 Å². The van der Waals surface area contributed by atoms with Crippen molar-refractivity contribution in [2.24, 2.45) is 0 Å². The lowest BCUT2D eigenvalue weighted by molar-refractivity contribution is -0.137. The molecule has 0 fully saturated rings. The highest BCUT2D eigenvalue weighted by molar-refractivity contribution is 5.92. The predicted octanol–water partition coefficient (Wildman–Crippen LogP) is 3.27. The van der Waals surface area contributed by atoms with E-state index in [1.165, 1.54) is 0 Å². The Labute approximate surface area is 116 Å². The van der Waals surface area contributed by atoms with E-state index in [1.807, 2.05) is 6.92 Å². The Morgan fingerprint density at radius 1 is 1.11 bits per heavy atom. The van der Waals surface area contributed by atoms with E-state index in [0.717, 1.165) is 44.9 Å². The van der Waals surface area contributed by atoms with Crippen LogP contribution in [0, 0.1) is 0 Å². The van der Waals surface area contributed by atoms with Crippen LogP contribution in [0.25, 0.3) is 0 Å². The van der Waals surface area contributed by atoms with Crippen molar-refractivity contribution in [2.45, 2.75) is 71.3 Å². The molecule has 0 aromatic carbocycles. The summed E-state index contributed by atoms with van der Waals surface area (Å²) in [6.07, 6.45) is 7.50. The first-order chi connectivity index (χ1) is 8.93. The molecule has 0 aromatic heterocycles. The standard InChI is InChI=1S/C15H27NO3/c1-12(2)15(19)16-13(3)10-8-6-4-5-7-9-11-14(17)18/h13H,1,4-11H2,2-3H3,(H,16,19)(H,17,18). The van der Waals surface area contributed by atoms with Crippen LogP contribution in [0.15, 0.2) is 12.2 Å². The van der Waals surface area contributed by atoms with Gasteiger partial charge in [0.1, 0.15) is 0 Å². The summed E-state index contributed by atoms with van der Waals surface area (Å²) < 4.78 is 0. The monoisotopic (exact) mass is 269 g/mol. The van der Waals surface area contributed by atoms with Crippen molar-refractivity contribution in [1.82, 2.24) is 5.32 Å². The van der Waals surface area contributed by atoms with Crippen molar-refractivity contribution in [1.29, 1.82) is 0 Å². The Morgan fingerprint density at radius 2 is 1.63 bits per heavy atom. The fourth-order valence-corrected chi connectivity index (χ4v) is 1.85. The molecule has 4 nitrogen and oxygen atoms in total. The van der Waals surface area contributed by atoms with Crippen molar-refractivity contribution in [3.05, 3.63) is 12.2 Å². The molecular formula is C15H27NO3. The van der Waals surface area contributed by atoms with Crippen molar-refractivity contribution in [3.63, 3.8) is 0 Å². The number of aliphatic carboxylic acids is 1. The van der Waals surface area contributed by atoms with Crippen molar-refractivity contribution < 1.29 is 14.7 Å². The minimum absolute atomic E-state index is 0.0684. The molecule has 2 N–H and O–H groups in total. The maximum Gasteiger partial charge on any atom is 0.303 e. The lowest BCUT2D eigenvalue weighted by Gasteiger charge is -2.13. The van der Waals surface area contributed by atoms with Gasteiger partial charge in [0.05, 0.1) is 0 Å². The third-order valence-corrected chi connectivity index (χ3v) is 3.04. The van der Waals surface area contributed by atoms with Crippen LogP contribution in [0.3, 0.4) is 0 Å². The highest BCUT2D eigenvalue weighted by atomic mass is 16.4. The van der Waals surface area contributed by atoms with Gasteiger partial charge < -0.3 is 10.4 Å². The molecule has 0 rings (SSSR count). The fraction of sp³-hybridized carbons (Fsp3) is 0.733. The van der Waals surface area contributed by atoms with Gasteiger partial charge in [0.15, 0.2) is 0 Å². The van der Waals surface area contributed by atoms with E-state index in [2.05, 4.69) is 11.9 Å². The molecule has 0 aliphatic heterocycles. The van der Waals surface area contributed by atoms with E-state index in [-0.39, 0.29) is 18.4 Å². The third kappa shape index (κ3) is 11.5. The zero-order valence-electron chi connectivity index (χ0n) is 12.2. The number of amides is 1. The molecule has 0 aliphatic rings. The first kappa shape index (κ1) is 17.7. The van der Waals surface area contributed by atoms with Gasteiger partial charge in [-0.15, -0.1) is 0 Å². The molecular weight excluding hydrogens is 242 g/mol. The number of rotatable bonds is 11. The van der Waals surface area contributed by atoms with E-state index in [9.17, 15) is 9.59 Å². The number of hydrogen-bond donors (Lipinski definition) is 2. The SMILES string of the molecule is C=C(C)C(=O)NC(C)CCCCCCCCC(=O)O. The zero-order chi connectivity index (χ0) is 14.7. The first-order valence-electron chi connectivity index (χ1n) is 7.11. The van der Waals surface area contributed by atoms with E-state index in [1.54, 1.807) is 6.92 Å². The first-order valence-corrected chi connectivity index (χ1v) is 7.11. The molecule has 0 saturated heterocycles. The summed E-state index contributed by atoms with van der Waals surface area (Å²) in [5, 5.41) is 11.4. The highest BCUT2D eigenvalue weighted by Crippen LogP contribution is 2.10. The van der Waals surface area contributed by atoms with Crippen LogP contribution in [-0.2, 0) is 9.59 Å². The molecule has 1 unspecified atom stereocenters. The second-order valence-electron chi connectivity index (χ2n) is 5.21. The minimum atomic E-state index is -0.706. The lowest BCUT2D eigenvalue weighted by Crippen LogP contribution is -2.32. The molecule has 4 heteroatoms. The van der Waals surface area contributed by atoms with Gasteiger partial charge in [-0.05, 0) is 26.7 Å². The molecule has 0 heterocycles. The molecule has 0 saturated carbocycles. The van der Waals surface area contributed by atoms with Gasteiger partial charge in [-0.3, -0.25) is 9.59 Å². The summed E-state index contributed by atoms with van der Waals surface area (Å²) in [6, 6.07) is 0.191. The average molecular weight is 269 g/mol. The Kier molecular flexibility index (Phi) is 9.85. The van der Waals surface area contributed by atoms with Crippen LogP contribution in [0.5, 0.6) is 0 Å². The van der Waals surface area contributed by atoms with E-state index in [0.29, 0.717) is 5.57 Å². The number of carbonyl (C=O) groups excluding carboxylic acids is 1. The highest BCUT2D eigenvalue weighted by Gasteiger charge is 2.06. The Morgan fingerprint density at radius 3 is 2.16 bits per heavy atom. The number of carbonyl (C=O) groups is 2. The largest absolute Gasteiger partial charge is 0.481 e. The predicted molar refractivity (Wildman–Crippen MR) is 77.0 cm³/mol. The lowest BCUT2D eigenvalue weighted by atomic mass is 10.1. The van der Waals surface area contributed by atoms with Gasteiger partial charge in [0.2, 0.25) is 5.91 Å². The maximum absolute atomic E-state index is 11.4. The molecule has 1 amide bonds. The van der Waals surface area contributed by atoms with Crippen LogP contribution in [0.1, 0.15) is 65.2 Å². The minimum Gasteiger partial charge on any atom is -0.481 e. The summed E-state index contributed by atoms with van der Waals surface area (Å²) in [4.78, 5) is 21.7. The average Bonchev–Trinajstić information content (AvgIpc) is 2.31. The van der Waals surface area contributed by atoms with Gasteiger partial charge in [-0.25, -0.2) is 0 Å². The molecule has 0 spiro atoms. The van der Waals surface area contributed by atoms with Crippen molar-refractivity contribution in [2.75, 3.05) is 0 Å². The summed E-state index contributed by atoms with van der Waals surface area (Å²) in [5.74, 6) is -0.775. The second-order valence-corrected chi connectivity index (χ2v) is 5.21. The van der Waals surface area contributed by atoms with Gasteiger partial charge in [0, 0.05) is 18.0 Å². The smallest absolute Gasteiger partial charge is 0.303 e. The summed E-state index contributed by atoms with van der Waals surface area (Å²) >= 11 is 0. The molecule has 110 valence electrons. The van der Waals surface area contributed by atoms with E-state index >= 15 is 0 Å². The van der Waals surface area contributed by atoms with Gasteiger partial charge in [0.25, 0.3) is 0 Å². The van der Waals surface area contributed by atoms with Gasteiger partial charge in [-0.2, -0.15) is 0 Å².